The van der Waals surface area contributed by atoms with E-state index in [0.29, 0.717) is 57.7 Å². The second kappa shape index (κ2) is 21.9. The zero-order chi connectivity index (χ0) is 64.8. The summed E-state index contributed by atoms with van der Waals surface area (Å²) in [7, 11) is 0. The Labute approximate surface area is 537 Å². The summed E-state index contributed by atoms with van der Waals surface area (Å²) in [6.07, 6.45) is 1.48. The summed E-state index contributed by atoms with van der Waals surface area (Å²) in [5.74, 6) is -18.8. The Morgan fingerprint density at radius 3 is 0.777 bits per heavy atom. The summed E-state index contributed by atoms with van der Waals surface area (Å²) in [5.41, 5.74) is 9.13. The molecular weight excluding hydrogens is 1300 g/mol. The molecule has 2 aliphatic rings. The Balaban J connectivity index is 1.08. The second-order valence-corrected chi connectivity index (χ2v) is 35.6. The summed E-state index contributed by atoms with van der Waals surface area (Å²) in [6, 6.07) is 60.6. The zero-order valence-corrected chi connectivity index (χ0v) is 51.5. The predicted octanol–water partition coefficient (Wildman–Crippen LogP) is 24.9. The van der Waals surface area contributed by atoms with Crippen LogP contribution in [0.15, 0.2) is 218 Å². The van der Waals surface area contributed by atoms with Crippen LogP contribution in [0, 0.1) is 69.8 Å². The van der Waals surface area contributed by atoms with E-state index in [2.05, 4.69) is 48.5 Å². The van der Waals surface area contributed by atoms with E-state index in [4.69, 9.17) is 15.5 Å². The minimum absolute atomic E-state index is 0.118. The molecule has 460 valence electrons. The van der Waals surface area contributed by atoms with Crippen molar-refractivity contribution in [1.29, 1.82) is 0 Å². The molecule has 94 heavy (non-hydrogen) atoms. The van der Waals surface area contributed by atoms with Gasteiger partial charge in [-0.1, -0.05) is 0 Å². The van der Waals surface area contributed by atoms with Gasteiger partial charge in [0.15, 0.2) is 0 Å². The minimum atomic E-state index is -4.06. The van der Waals surface area contributed by atoms with Gasteiger partial charge in [-0.15, -0.1) is 0 Å². The first-order chi connectivity index (χ1) is 45.2. The molecule has 0 aromatic heterocycles. The van der Waals surface area contributed by atoms with Crippen LogP contribution in [0.5, 0.6) is 0 Å². The molecule has 0 radical (unpaired) electrons. The molecule has 0 unspecified atom stereocenters. The van der Waals surface area contributed by atoms with Crippen LogP contribution in [-0.4, -0.2) is 0 Å². The Kier molecular flexibility index (Phi) is 13.8. The van der Waals surface area contributed by atoms with Gasteiger partial charge in [0.25, 0.3) is 0 Å². The van der Waals surface area contributed by atoms with E-state index < -0.39 is 75.1 Å². The first-order valence-electron chi connectivity index (χ1n) is 30.0. The van der Waals surface area contributed by atoms with Gasteiger partial charge in [-0.05, 0) is 0 Å². The van der Waals surface area contributed by atoms with E-state index in [0.717, 1.165) is 125 Å². The molecule has 0 amide bonds. The average molecular weight is 1340 g/mol. The molecule has 0 fully saturated rings. The van der Waals surface area contributed by atoms with Crippen LogP contribution in [0.3, 0.4) is 0 Å². The molecular formula is C80H44BrF12P. The van der Waals surface area contributed by atoms with Crippen molar-refractivity contribution in [3.05, 3.63) is 310 Å². The summed E-state index contributed by atoms with van der Waals surface area (Å²) < 4.78 is 184. The fourth-order valence-electron chi connectivity index (χ4n) is 14.8. The molecule has 16 rings (SSSR count). The van der Waals surface area contributed by atoms with Gasteiger partial charge < -0.3 is 0 Å². The monoisotopic (exact) mass is 1340 g/mol. The second-order valence-electron chi connectivity index (χ2n) is 24.7. The number of benzene rings is 14. The summed E-state index contributed by atoms with van der Waals surface area (Å²) in [5, 5.41) is 2.98. The maximum atomic E-state index is 15.5. The molecule has 0 N–H and O–H groups in total. The topological polar surface area (TPSA) is 0 Å². The van der Waals surface area contributed by atoms with Crippen LogP contribution in [0.4, 0.5) is 52.7 Å². The molecule has 14 aromatic carbocycles. The zero-order valence-electron chi connectivity index (χ0n) is 49.0. The standard InChI is InChI=1S/C80H44BrF12P/c81-94(37-45-19-17-41-9-1-5-13-57(41)73(45)74-46(38-94)20-18-42-10-2-6-14-58(42)74)39-63-61(55-23-47(51-29-65(82)77(90)66(83)30-51)21-48(24-55)52-31-67(84)78(91)68(85)32-52)27-43-11-3-7-15-59(43)75(63)76-60-16-8-4-12-44(60)28-62(64(76)40-94)56-25-49(53-33-69(86)79(92)70(87)34-53)22-50(26-56)54-35-71(88)80(93)72(89)36-54/h1-36H,37-40H2. The third kappa shape index (κ3) is 9.71. The third-order valence-corrected chi connectivity index (χ3v) is 26.3. The molecule has 0 aliphatic carbocycles. The molecule has 2 aliphatic heterocycles. The van der Waals surface area contributed by atoms with Gasteiger partial charge in [0.05, 0.1) is 0 Å². The Bertz CT molecular complexity index is 5070. The predicted molar refractivity (Wildman–Crippen MR) is 357 cm³/mol. The average Bonchev–Trinajstić information content (AvgIpc) is 1.50. The first kappa shape index (κ1) is 59.2. The van der Waals surface area contributed by atoms with Crippen LogP contribution < -0.4 is 0 Å². The van der Waals surface area contributed by atoms with Gasteiger partial charge in [-0.2, -0.15) is 0 Å². The number of fused-ring (bicyclic) bond motifs is 14. The van der Waals surface area contributed by atoms with Crippen molar-refractivity contribution in [3.63, 3.8) is 0 Å². The van der Waals surface area contributed by atoms with Crippen molar-refractivity contribution in [2.24, 2.45) is 0 Å². The van der Waals surface area contributed by atoms with Crippen LogP contribution in [0.1, 0.15) is 22.3 Å². The number of hydrogen-bond acceptors (Lipinski definition) is 0. The molecule has 14 heteroatoms. The fraction of sp³-hybridized carbons (Fsp3) is 0.0500. The van der Waals surface area contributed by atoms with Crippen molar-refractivity contribution in [2.45, 2.75) is 24.6 Å². The summed E-state index contributed by atoms with van der Waals surface area (Å²) in [4.78, 5) is 0. The van der Waals surface area contributed by atoms with Gasteiger partial charge in [0, 0.05) is 0 Å². The van der Waals surface area contributed by atoms with Gasteiger partial charge in [0.2, 0.25) is 0 Å². The van der Waals surface area contributed by atoms with Gasteiger partial charge >= 0.3 is 541 Å². The SMILES string of the molecule is Fc1cc(-c2cc(-c3cc(F)c(F)c(F)c3)cc(-c3cc4ccccc4c4c3CP3(Br)(Cc5ccc6ccccc6c5-c5c(ccc6ccccc56)C3)Cc3c(-c5cc(-c6cc(F)c(F)c(F)c6)cc(-c6cc(F)c(F)c(F)c6)c5)cc5ccccc5c3-4)c2)cc(F)c1F. The Morgan fingerprint density at radius 1 is 0.234 bits per heavy atom. The molecule has 0 nitrogen and oxygen atoms in total. The van der Waals surface area contributed by atoms with Crippen LogP contribution in [0.25, 0.3) is 132 Å². The number of halogens is 13. The van der Waals surface area contributed by atoms with Crippen LogP contribution in [-0.2, 0) is 24.6 Å². The Morgan fingerprint density at radius 2 is 0.479 bits per heavy atom. The molecule has 2 heterocycles. The molecule has 0 bridgehead atoms. The summed E-state index contributed by atoms with van der Waals surface area (Å²) in [6.45, 7) is 0. The molecule has 1 spiro atoms. The van der Waals surface area contributed by atoms with E-state index in [-0.39, 0.29) is 44.5 Å². The normalized spacial score (nSPS) is 14.3. The van der Waals surface area contributed by atoms with Gasteiger partial charge in [-0.3, -0.25) is 0 Å². The van der Waals surface area contributed by atoms with Crippen LogP contribution in [0.2, 0.25) is 0 Å². The first-order valence-corrected chi connectivity index (χ1v) is 35.0. The van der Waals surface area contributed by atoms with Gasteiger partial charge in [0.1, 0.15) is 0 Å². The third-order valence-electron chi connectivity index (χ3n) is 18.8. The van der Waals surface area contributed by atoms with E-state index in [9.17, 15) is 17.6 Å². The van der Waals surface area contributed by atoms with E-state index in [1.54, 1.807) is 24.3 Å². The number of hydrogen-bond donors (Lipinski definition) is 0. The summed E-state index contributed by atoms with van der Waals surface area (Å²) >= 11 is 4.91. The van der Waals surface area contributed by atoms with E-state index in [1.807, 2.05) is 84.9 Å². The van der Waals surface area contributed by atoms with Crippen molar-refractivity contribution in [3.8, 4) is 89.0 Å². The molecule has 0 atom stereocenters. The van der Waals surface area contributed by atoms with Crippen LogP contribution >= 0.6 is 20.8 Å². The van der Waals surface area contributed by atoms with Crippen molar-refractivity contribution in [1.82, 2.24) is 0 Å². The quantitative estimate of drug-likeness (QED) is 0.0884. The molecule has 0 saturated heterocycles. The molecule has 14 aromatic rings. The molecule has 0 saturated carbocycles. The number of rotatable bonds is 6. The van der Waals surface area contributed by atoms with E-state index >= 15 is 35.1 Å². The van der Waals surface area contributed by atoms with Gasteiger partial charge in [-0.25, -0.2) is 0 Å². The van der Waals surface area contributed by atoms with Crippen molar-refractivity contribution >= 4 is 63.9 Å². The van der Waals surface area contributed by atoms with E-state index in [1.165, 1.54) is 12.1 Å². The van der Waals surface area contributed by atoms with Crippen molar-refractivity contribution in [2.75, 3.05) is 0 Å². The fourth-order valence-corrected chi connectivity index (χ4v) is 23.0. The maximum absolute atomic E-state index is 15.5. The van der Waals surface area contributed by atoms with Crippen molar-refractivity contribution < 1.29 is 52.7 Å². The Hall–Kier alpha value is -9.81.